The van der Waals surface area contributed by atoms with Gasteiger partial charge in [0, 0.05) is 0 Å². The van der Waals surface area contributed by atoms with E-state index >= 15 is 0 Å². The fraction of sp³-hybridized carbons (Fsp3) is 1.00. The molecule has 0 unspecified atom stereocenters. The van der Waals surface area contributed by atoms with Gasteiger partial charge in [-0.1, -0.05) is 13.8 Å². The largest absolute Gasteiger partial charge is 0.358 e. The lowest BCUT2D eigenvalue weighted by Gasteiger charge is -2.23. The Morgan fingerprint density at radius 1 is 1.44 bits per heavy atom. The van der Waals surface area contributed by atoms with Gasteiger partial charge in [0.1, 0.15) is 5.60 Å². The van der Waals surface area contributed by atoms with Crippen LogP contribution in [0.1, 0.15) is 27.7 Å². The molecule has 9 heavy (non-hydrogen) atoms. The van der Waals surface area contributed by atoms with Crippen LogP contribution in [0.3, 0.4) is 0 Å². The van der Waals surface area contributed by atoms with E-state index in [1.54, 1.807) is 0 Å². The van der Waals surface area contributed by atoms with Crippen molar-refractivity contribution < 1.29 is 4.84 Å². The smallest absolute Gasteiger partial charge is 0.155 e. The van der Waals surface area contributed by atoms with Gasteiger partial charge in [-0.25, -0.2) is 0 Å². The van der Waals surface area contributed by atoms with Crippen LogP contribution in [-0.4, -0.2) is 5.60 Å². The van der Waals surface area contributed by atoms with Gasteiger partial charge in [-0.3, -0.25) is 0 Å². The highest BCUT2D eigenvalue weighted by Gasteiger charge is 2.24. The molecule has 0 rings (SSSR count). The highest BCUT2D eigenvalue weighted by molar-refractivity contribution is 4.70. The Hall–Kier alpha value is -0.600. The zero-order chi connectivity index (χ0) is 7.49. The molecule has 0 N–H and O–H groups in total. The third-order valence-electron chi connectivity index (χ3n) is 1.66. The van der Waals surface area contributed by atoms with Crippen LogP contribution in [0.5, 0.6) is 0 Å². The van der Waals surface area contributed by atoms with Crippen molar-refractivity contribution in [3.05, 3.63) is 4.91 Å². The lowest BCUT2D eigenvalue weighted by molar-refractivity contribution is -0.0506. The monoisotopic (exact) mass is 131 g/mol. The lowest BCUT2D eigenvalue weighted by atomic mass is 9.95. The first-order chi connectivity index (χ1) is 4.00. The molecular formula is C6H13NO2. The molecule has 0 aliphatic heterocycles. The highest BCUT2D eigenvalue weighted by Crippen LogP contribution is 2.19. The lowest BCUT2D eigenvalue weighted by Crippen LogP contribution is -2.28. The van der Waals surface area contributed by atoms with Crippen LogP contribution in [-0.2, 0) is 4.84 Å². The minimum Gasteiger partial charge on any atom is -0.358 e. The van der Waals surface area contributed by atoms with Crippen molar-refractivity contribution in [2.24, 2.45) is 11.3 Å². The Morgan fingerprint density at radius 3 is 2.00 bits per heavy atom. The van der Waals surface area contributed by atoms with E-state index < -0.39 is 5.60 Å². The third kappa shape index (κ3) is 2.44. The highest BCUT2D eigenvalue weighted by atomic mass is 16.7. The second-order valence-electron chi connectivity index (χ2n) is 2.92. The number of nitrogens with zero attached hydrogens (tertiary/aromatic N) is 1. The molecule has 0 heterocycles. The predicted molar refractivity (Wildman–Crippen MR) is 35.8 cm³/mol. The molecule has 0 bridgehead atoms. The summed E-state index contributed by atoms with van der Waals surface area (Å²) in [5.41, 5.74) is -0.429. The second kappa shape index (κ2) is 2.80. The van der Waals surface area contributed by atoms with Crippen LogP contribution in [0.2, 0.25) is 0 Å². The van der Waals surface area contributed by atoms with Crippen molar-refractivity contribution in [1.82, 2.24) is 0 Å². The molecule has 54 valence electrons. The maximum absolute atomic E-state index is 9.65. The van der Waals surface area contributed by atoms with Crippen molar-refractivity contribution in [3.63, 3.8) is 0 Å². The first kappa shape index (κ1) is 8.40. The fourth-order valence-corrected chi connectivity index (χ4v) is 0.201. The van der Waals surface area contributed by atoms with Gasteiger partial charge in [-0.15, -0.1) is 4.91 Å². The molecule has 0 aromatic rings. The average molecular weight is 131 g/mol. The Balaban J connectivity index is 3.84. The molecule has 0 spiro atoms. The van der Waals surface area contributed by atoms with E-state index in [0.29, 0.717) is 5.92 Å². The van der Waals surface area contributed by atoms with Crippen LogP contribution in [0, 0.1) is 10.8 Å². The van der Waals surface area contributed by atoms with Gasteiger partial charge in [0.15, 0.2) is 5.34 Å². The minimum atomic E-state index is -0.429. The third-order valence-corrected chi connectivity index (χ3v) is 1.66. The molecule has 3 nitrogen and oxygen atoms in total. The van der Waals surface area contributed by atoms with Crippen molar-refractivity contribution in [2.75, 3.05) is 0 Å². The molecule has 0 amide bonds. The Morgan fingerprint density at radius 2 is 1.89 bits per heavy atom. The fourth-order valence-electron chi connectivity index (χ4n) is 0.201. The quantitative estimate of drug-likeness (QED) is 0.434. The SMILES string of the molecule is CC(C)C(C)(C)ON=O. The van der Waals surface area contributed by atoms with Crippen molar-refractivity contribution in [1.29, 1.82) is 0 Å². The molecule has 3 heteroatoms. The van der Waals surface area contributed by atoms with Crippen LogP contribution in [0.25, 0.3) is 0 Å². The van der Waals surface area contributed by atoms with Crippen molar-refractivity contribution in [2.45, 2.75) is 33.3 Å². The maximum Gasteiger partial charge on any atom is 0.155 e. The van der Waals surface area contributed by atoms with Crippen molar-refractivity contribution in [3.8, 4) is 0 Å². The standard InChI is InChI=1S/C6H13NO2/c1-5(2)6(3,4)9-7-8/h5H,1-4H3. The molecule has 0 fully saturated rings. The minimum absolute atomic E-state index is 0.301. The maximum atomic E-state index is 9.65. The zero-order valence-electron chi connectivity index (χ0n) is 6.34. The summed E-state index contributed by atoms with van der Waals surface area (Å²) >= 11 is 0. The van der Waals surface area contributed by atoms with E-state index in [-0.39, 0.29) is 0 Å². The van der Waals surface area contributed by atoms with Crippen LogP contribution >= 0.6 is 0 Å². The van der Waals surface area contributed by atoms with E-state index in [0.717, 1.165) is 0 Å². The average Bonchev–Trinajstić information content (AvgIpc) is 1.65. The molecule has 0 saturated carbocycles. The molecular weight excluding hydrogens is 118 g/mol. The van der Waals surface area contributed by atoms with Gasteiger partial charge in [0.25, 0.3) is 0 Å². The van der Waals surface area contributed by atoms with Gasteiger partial charge in [-0.2, -0.15) is 0 Å². The summed E-state index contributed by atoms with van der Waals surface area (Å²) in [5.74, 6) is 0.301. The number of hydrogen-bond acceptors (Lipinski definition) is 3. The first-order valence-corrected chi connectivity index (χ1v) is 3.01. The summed E-state index contributed by atoms with van der Waals surface area (Å²) in [6, 6.07) is 0. The van der Waals surface area contributed by atoms with Gasteiger partial charge < -0.3 is 4.84 Å². The van der Waals surface area contributed by atoms with E-state index in [1.165, 1.54) is 0 Å². The summed E-state index contributed by atoms with van der Waals surface area (Å²) in [5, 5.41) is 2.38. The Bertz CT molecular complexity index is 99.2. The summed E-state index contributed by atoms with van der Waals surface area (Å²) in [7, 11) is 0. The van der Waals surface area contributed by atoms with Crippen LogP contribution < -0.4 is 0 Å². The molecule has 0 saturated heterocycles. The van der Waals surface area contributed by atoms with E-state index in [4.69, 9.17) is 0 Å². The summed E-state index contributed by atoms with van der Waals surface area (Å²) in [6.45, 7) is 7.62. The van der Waals surface area contributed by atoms with Crippen LogP contribution in [0.4, 0.5) is 0 Å². The first-order valence-electron chi connectivity index (χ1n) is 3.01. The molecule has 0 atom stereocenters. The number of hydrogen-bond donors (Lipinski definition) is 0. The summed E-state index contributed by atoms with van der Waals surface area (Å²) < 4.78 is 0. The van der Waals surface area contributed by atoms with Gasteiger partial charge in [0.2, 0.25) is 0 Å². The van der Waals surface area contributed by atoms with Crippen molar-refractivity contribution >= 4 is 0 Å². The number of rotatable bonds is 3. The normalized spacial score (nSPS) is 11.7. The molecule has 0 radical (unpaired) electrons. The van der Waals surface area contributed by atoms with Crippen LogP contribution in [0.15, 0.2) is 5.34 Å². The van der Waals surface area contributed by atoms with E-state index in [9.17, 15) is 4.91 Å². The summed E-state index contributed by atoms with van der Waals surface area (Å²) in [6.07, 6.45) is 0. The summed E-state index contributed by atoms with van der Waals surface area (Å²) in [4.78, 5) is 14.2. The topological polar surface area (TPSA) is 38.7 Å². The van der Waals surface area contributed by atoms with E-state index in [1.807, 2.05) is 27.7 Å². The van der Waals surface area contributed by atoms with Gasteiger partial charge >= 0.3 is 0 Å². The molecule has 0 aromatic heterocycles. The predicted octanol–water partition coefficient (Wildman–Crippen LogP) is 2.12. The second-order valence-corrected chi connectivity index (χ2v) is 2.92. The molecule has 0 aromatic carbocycles. The Kier molecular flexibility index (Phi) is 2.62. The molecule has 0 aliphatic rings. The zero-order valence-corrected chi connectivity index (χ0v) is 6.34. The van der Waals surface area contributed by atoms with Gasteiger partial charge in [0.05, 0.1) is 0 Å². The van der Waals surface area contributed by atoms with E-state index in [2.05, 4.69) is 10.2 Å². The molecule has 0 aliphatic carbocycles. The van der Waals surface area contributed by atoms with Gasteiger partial charge in [-0.05, 0) is 19.8 Å². The Labute approximate surface area is 55.3 Å².